The van der Waals surface area contributed by atoms with Crippen molar-refractivity contribution in [1.29, 1.82) is 5.41 Å². The molecule has 0 saturated heterocycles. The van der Waals surface area contributed by atoms with E-state index in [1.54, 1.807) is 0 Å². The van der Waals surface area contributed by atoms with Crippen LogP contribution >= 0.6 is 0 Å². The predicted molar refractivity (Wildman–Crippen MR) is 84.0 cm³/mol. The maximum absolute atomic E-state index is 7.79. The Hall–Kier alpha value is -2.36. The summed E-state index contributed by atoms with van der Waals surface area (Å²) in [6.45, 7) is 5.96. The van der Waals surface area contributed by atoms with Crippen molar-refractivity contribution in [2.24, 2.45) is 5.73 Å². The fraction of sp³-hybridized carbons (Fsp3) is 0.250. The topological polar surface area (TPSA) is 66.0 Å². The standard InChI is InChI=1S/C16H20N4/c1-10-5-7-13(8-6-10)20(4)16-14(15(17)18)11(2)9-12(3)19-16/h5-9H,1-4H3,(H3,17,18). The van der Waals surface area contributed by atoms with Crippen LogP contribution in [0.3, 0.4) is 0 Å². The van der Waals surface area contributed by atoms with Gasteiger partial charge in [-0.05, 0) is 44.5 Å². The number of anilines is 2. The Morgan fingerprint density at radius 1 is 1.15 bits per heavy atom. The van der Waals surface area contributed by atoms with Gasteiger partial charge in [-0.3, -0.25) is 5.41 Å². The molecule has 0 amide bonds. The first kappa shape index (κ1) is 14.1. The third kappa shape index (κ3) is 2.64. The van der Waals surface area contributed by atoms with E-state index in [1.807, 2.05) is 44.0 Å². The van der Waals surface area contributed by atoms with Gasteiger partial charge in [-0.15, -0.1) is 0 Å². The minimum atomic E-state index is 0.0453. The minimum absolute atomic E-state index is 0.0453. The van der Waals surface area contributed by atoms with E-state index in [-0.39, 0.29) is 5.84 Å². The highest BCUT2D eigenvalue weighted by atomic mass is 15.2. The Balaban J connectivity index is 2.56. The molecule has 1 aromatic carbocycles. The van der Waals surface area contributed by atoms with E-state index in [0.29, 0.717) is 5.56 Å². The van der Waals surface area contributed by atoms with Gasteiger partial charge in [0.1, 0.15) is 11.7 Å². The number of hydrogen-bond acceptors (Lipinski definition) is 3. The number of amidine groups is 1. The van der Waals surface area contributed by atoms with E-state index in [2.05, 4.69) is 24.0 Å². The lowest BCUT2D eigenvalue weighted by molar-refractivity contribution is 1.07. The number of nitrogens with zero attached hydrogens (tertiary/aromatic N) is 2. The van der Waals surface area contributed by atoms with Gasteiger partial charge < -0.3 is 10.6 Å². The van der Waals surface area contributed by atoms with Crippen LogP contribution in [0.15, 0.2) is 30.3 Å². The molecule has 0 aliphatic rings. The molecule has 2 rings (SSSR count). The number of pyridine rings is 1. The molecule has 0 bridgehead atoms. The summed E-state index contributed by atoms with van der Waals surface area (Å²) in [5, 5.41) is 7.79. The van der Waals surface area contributed by atoms with Gasteiger partial charge in [-0.1, -0.05) is 17.7 Å². The van der Waals surface area contributed by atoms with Crippen molar-refractivity contribution in [1.82, 2.24) is 4.98 Å². The molecule has 0 unspecified atom stereocenters. The minimum Gasteiger partial charge on any atom is -0.384 e. The Bertz CT molecular complexity index is 644. The third-order valence-corrected chi connectivity index (χ3v) is 3.33. The van der Waals surface area contributed by atoms with Gasteiger partial charge in [-0.2, -0.15) is 0 Å². The first-order chi connectivity index (χ1) is 9.40. The van der Waals surface area contributed by atoms with Crippen molar-refractivity contribution in [3.63, 3.8) is 0 Å². The number of aromatic nitrogens is 1. The maximum atomic E-state index is 7.79. The summed E-state index contributed by atoms with van der Waals surface area (Å²) < 4.78 is 0. The SMILES string of the molecule is Cc1ccc(N(C)c2nc(C)cc(C)c2C(=N)N)cc1. The number of benzene rings is 1. The van der Waals surface area contributed by atoms with Gasteiger partial charge in [0.05, 0.1) is 5.56 Å². The summed E-state index contributed by atoms with van der Waals surface area (Å²) in [5.41, 5.74) is 10.5. The Labute approximate surface area is 119 Å². The molecule has 0 saturated carbocycles. The molecule has 3 N–H and O–H groups in total. The summed E-state index contributed by atoms with van der Waals surface area (Å²) in [6, 6.07) is 10.1. The lowest BCUT2D eigenvalue weighted by Gasteiger charge is -2.23. The second-order valence-corrected chi connectivity index (χ2v) is 5.09. The van der Waals surface area contributed by atoms with Gasteiger partial charge in [0.15, 0.2) is 0 Å². The molecule has 1 heterocycles. The first-order valence-corrected chi connectivity index (χ1v) is 6.53. The highest BCUT2D eigenvalue weighted by Gasteiger charge is 2.16. The molecule has 0 fully saturated rings. The monoisotopic (exact) mass is 268 g/mol. The summed E-state index contributed by atoms with van der Waals surface area (Å²) in [5.74, 6) is 0.766. The van der Waals surface area contributed by atoms with E-state index < -0.39 is 0 Å². The van der Waals surface area contributed by atoms with Gasteiger partial charge >= 0.3 is 0 Å². The molecule has 0 radical (unpaired) electrons. The van der Waals surface area contributed by atoms with Crippen LogP contribution in [0.4, 0.5) is 11.5 Å². The van der Waals surface area contributed by atoms with E-state index in [9.17, 15) is 0 Å². The zero-order valence-corrected chi connectivity index (χ0v) is 12.4. The highest BCUT2D eigenvalue weighted by molar-refractivity contribution is 6.01. The summed E-state index contributed by atoms with van der Waals surface area (Å²) in [6.07, 6.45) is 0. The average molecular weight is 268 g/mol. The normalized spacial score (nSPS) is 10.4. The number of nitrogens with one attached hydrogen (secondary N) is 1. The van der Waals surface area contributed by atoms with Crippen molar-refractivity contribution < 1.29 is 0 Å². The zero-order valence-electron chi connectivity index (χ0n) is 12.4. The number of rotatable bonds is 3. The first-order valence-electron chi connectivity index (χ1n) is 6.53. The summed E-state index contributed by atoms with van der Waals surface area (Å²) in [4.78, 5) is 6.53. The van der Waals surface area contributed by atoms with Gasteiger partial charge in [0.2, 0.25) is 0 Å². The molecule has 4 heteroatoms. The van der Waals surface area contributed by atoms with Crippen molar-refractivity contribution >= 4 is 17.3 Å². The molecule has 20 heavy (non-hydrogen) atoms. The van der Waals surface area contributed by atoms with Crippen LogP contribution in [0, 0.1) is 26.2 Å². The molecule has 0 spiro atoms. The highest BCUT2D eigenvalue weighted by Crippen LogP contribution is 2.27. The molecule has 2 aromatic rings. The van der Waals surface area contributed by atoms with Crippen LogP contribution in [0.5, 0.6) is 0 Å². The molecular formula is C16H20N4. The molecule has 1 aromatic heterocycles. The Kier molecular flexibility index (Phi) is 3.74. The number of nitrogens with two attached hydrogens (primary N) is 1. The lowest BCUT2D eigenvalue weighted by Crippen LogP contribution is -2.21. The fourth-order valence-corrected chi connectivity index (χ4v) is 2.28. The van der Waals surface area contributed by atoms with E-state index in [1.165, 1.54) is 5.56 Å². The van der Waals surface area contributed by atoms with Gasteiger partial charge in [-0.25, -0.2) is 4.98 Å². The molecule has 4 nitrogen and oxygen atoms in total. The van der Waals surface area contributed by atoms with Crippen molar-refractivity contribution in [3.05, 3.63) is 52.7 Å². The van der Waals surface area contributed by atoms with Gasteiger partial charge in [0, 0.05) is 18.4 Å². The number of nitrogen functional groups attached to an aromatic ring is 1. The quantitative estimate of drug-likeness (QED) is 0.664. The second kappa shape index (κ2) is 5.33. The largest absolute Gasteiger partial charge is 0.384 e. The van der Waals surface area contributed by atoms with Crippen LogP contribution in [0.25, 0.3) is 0 Å². The zero-order chi connectivity index (χ0) is 14.9. The van der Waals surface area contributed by atoms with Crippen LogP contribution < -0.4 is 10.6 Å². The maximum Gasteiger partial charge on any atom is 0.144 e. The van der Waals surface area contributed by atoms with Crippen LogP contribution in [-0.2, 0) is 0 Å². The molecule has 0 atom stereocenters. The van der Waals surface area contributed by atoms with E-state index in [0.717, 1.165) is 22.8 Å². The summed E-state index contributed by atoms with van der Waals surface area (Å²) in [7, 11) is 1.94. The van der Waals surface area contributed by atoms with Gasteiger partial charge in [0.25, 0.3) is 0 Å². The second-order valence-electron chi connectivity index (χ2n) is 5.09. The van der Waals surface area contributed by atoms with Crippen LogP contribution in [-0.4, -0.2) is 17.9 Å². The lowest BCUT2D eigenvalue weighted by atomic mass is 10.1. The van der Waals surface area contributed by atoms with Crippen molar-refractivity contribution in [3.8, 4) is 0 Å². The Morgan fingerprint density at radius 2 is 1.75 bits per heavy atom. The summed E-state index contributed by atoms with van der Waals surface area (Å²) >= 11 is 0. The molecule has 0 aliphatic heterocycles. The number of hydrogen-bond donors (Lipinski definition) is 2. The average Bonchev–Trinajstić information content (AvgIpc) is 2.37. The van der Waals surface area contributed by atoms with Crippen molar-refractivity contribution in [2.45, 2.75) is 20.8 Å². The molecular weight excluding hydrogens is 248 g/mol. The Morgan fingerprint density at radius 3 is 2.30 bits per heavy atom. The fourth-order valence-electron chi connectivity index (χ4n) is 2.28. The van der Waals surface area contributed by atoms with Crippen LogP contribution in [0.1, 0.15) is 22.4 Å². The van der Waals surface area contributed by atoms with Crippen LogP contribution in [0.2, 0.25) is 0 Å². The smallest absolute Gasteiger partial charge is 0.144 e. The molecule has 0 aliphatic carbocycles. The third-order valence-electron chi connectivity index (χ3n) is 3.33. The number of aryl methyl sites for hydroxylation is 3. The van der Waals surface area contributed by atoms with E-state index in [4.69, 9.17) is 11.1 Å². The van der Waals surface area contributed by atoms with E-state index >= 15 is 0 Å². The van der Waals surface area contributed by atoms with Crippen molar-refractivity contribution in [2.75, 3.05) is 11.9 Å². The molecule has 104 valence electrons. The predicted octanol–water partition coefficient (Wildman–Crippen LogP) is 3.06.